The average Bonchev–Trinajstić information content (AvgIpc) is 3.53. The highest BCUT2D eigenvalue weighted by molar-refractivity contribution is 5.93. The summed E-state index contributed by atoms with van der Waals surface area (Å²) in [5, 5.41) is 4.19. The fraction of sp³-hybridized carbons (Fsp3) is 0.192. The molecule has 2 aromatic carbocycles. The minimum atomic E-state index is -0.00187. The zero-order valence-electron chi connectivity index (χ0n) is 18.1. The van der Waals surface area contributed by atoms with Crippen LogP contribution in [0, 0.1) is 0 Å². The second-order valence-electron chi connectivity index (χ2n) is 8.52. The third kappa shape index (κ3) is 3.33. The molecular formula is C26H24N6O. The topological polar surface area (TPSA) is 102 Å². The largest absolute Gasteiger partial charge is 0.382 e. The first-order valence-electron chi connectivity index (χ1n) is 11.3. The average molecular weight is 437 g/mol. The molecule has 5 aromatic rings. The molecule has 33 heavy (non-hydrogen) atoms. The van der Waals surface area contributed by atoms with Crippen molar-refractivity contribution in [1.29, 1.82) is 0 Å². The summed E-state index contributed by atoms with van der Waals surface area (Å²) in [4.78, 5) is 24.6. The first-order chi connectivity index (χ1) is 16.2. The van der Waals surface area contributed by atoms with E-state index in [1.165, 1.54) is 23.0 Å². The Hall–Kier alpha value is -4.13. The monoisotopic (exact) mass is 436 g/mol. The fourth-order valence-corrected chi connectivity index (χ4v) is 4.99. The van der Waals surface area contributed by atoms with Gasteiger partial charge in [-0.05, 0) is 67.1 Å². The van der Waals surface area contributed by atoms with E-state index in [0.717, 1.165) is 52.8 Å². The third-order valence-corrected chi connectivity index (χ3v) is 6.52. The zero-order valence-corrected chi connectivity index (χ0v) is 18.1. The van der Waals surface area contributed by atoms with E-state index in [4.69, 9.17) is 5.73 Å². The van der Waals surface area contributed by atoms with E-state index in [2.05, 4.69) is 30.9 Å². The number of nitrogens with zero attached hydrogens (tertiary/aromatic N) is 3. The summed E-state index contributed by atoms with van der Waals surface area (Å²) in [5.41, 5.74) is 14.6. The number of amides is 1. The first kappa shape index (κ1) is 19.5. The summed E-state index contributed by atoms with van der Waals surface area (Å²) in [5.74, 6) is 0.488. The summed E-state index contributed by atoms with van der Waals surface area (Å²) >= 11 is 0. The highest BCUT2D eigenvalue weighted by atomic mass is 16.1. The maximum atomic E-state index is 12.6. The van der Waals surface area contributed by atoms with Crippen LogP contribution in [0.5, 0.6) is 0 Å². The Kier molecular flexibility index (Phi) is 4.61. The van der Waals surface area contributed by atoms with E-state index in [1.807, 2.05) is 48.7 Å². The van der Waals surface area contributed by atoms with Crippen molar-refractivity contribution in [2.75, 3.05) is 11.1 Å². The normalized spacial score (nSPS) is 13.0. The number of nitrogens with two attached hydrogens (primary N) is 1. The molecule has 1 aliphatic rings. The predicted octanol–water partition coefficient (Wildman–Crippen LogP) is 4.54. The van der Waals surface area contributed by atoms with Gasteiger partial charge in [0.25, 0.3) is 0 Å². The van der Waals surface area contributed by atoms with E-state index >= 15 is 0 Å². The van der Waals surface area contributed by atoms with Gasteiger partial charge < -0.3 is 20.6 Å². The molecule has 1 amide bonds. The molecule has 0 saturated heterocycles. The van der Waals surface area contributed by atoms with Crippen molar-refractivity contribution in [2.45, 2.75) is 32.1 Å². The molecule has 7 heteroatoms. The van der Waals surface area contributed by atoms with Gasteiger partial charge in [-0.1, -0.05) is 18.2 Å². The number of rotatable bonds is 5. The molecule has 0 atom stereocenters. The Labute approximate surface area is 190 Å². The predicted molar refractivity (Wildman–Crippen MR) is 131 cm³/mol. The van der Waals surface area contributed by atoms with Gasteiger partial charge in [-0.15, -0.1) is 0 Å². The van der Waals surface area contributed by atoms with Crippen LogP contribution in [0.25, 0.3) is 27.6 Å². The Balaban J connectivity index is 1.20. The van der Waals surface area contributed by atoms with Crippen LogP contribution in [-0.4, -0.2) is 25.4 Å². The van der Waals surface area contributed by atoms with Gasteiger partial charge in [0.1, 0.15) is 11.8 Å². The fourth-order valence-electron chi connectivity index (χ4n) is 4.99. The van der Waals surface area contributed by atoms with Crippen LogP contribution in [0.4, 0.5) is 11.5 Å². The quantitative estimate of drug-likeness (QED) is 0.376. The van der Waals surface area contributed by atoms with Crippen molar-refractivity contribution in [3.05, 3.63) is 77.9 Å². The number of carbonyl (C=O) groups is 1. The molecule has 3 aromatic heterocycles. The number of hydrogen-bond donors (Lipinski definition) is 3. The molecule has 4 N–H and O–H groups in total. The minimum Gasteiger partial charge on any atom is -0.382 e. The molecule has 0 fully saturated rings. The molecule has 6 rings (SSSR count). The van der Waals surface area contributed by atoms with Gasteiger partial charge in [-0.25, -0.2) is 9.97 Å². The van der Waals surface area contributed by atoms with Gasteiger partial charge in [0.2, 0.25) is 5.91 Å². The van der Waals surface area contributed by atoms with Crippen molar-refractivity contribution in [3.63, 3.8) is 0 Å². The molecule has 0 aliphatic heterocycles. The Morgan fingerprint density at radius 2 is 1.94 bits per heavy atom. The molecule has 0 unspecified atom stereocenters. The van der Waals surface area contributed by atoms with Crippen LogP contribution in [0.15, 0.2) is 61.1 Å². The minimum absolute atomic E-state index is 0.00187. The van der Waals surface area contributed by atoms with Gasteiger partial charge in [-0.3, -0.25) is 4.79 Å². The number of carbonyl (C=O) groups excluding carboxylic acids is 1. The van der Waals surface area contributed by atoms with Crippen LogP contribution >= 0.6 is 0 Å². The van der Waals surface area contributed by atoms with Crippen molar-refractivity contribution >= 4 is 39.3 Å². The number of aromatic nitrogens is 4. The molecule has 0 bridgehead atoms. The van der Waals surface area contributed by atoms with Gasteiger partial charge in [-0.2, -0.15) is 0 Å². The third-order valence-electron chi connectivity index (χ3n) is 6.52. The Morgan fingerprint density at radius 3 is 2.82 bits per heavy atom. The number of para-hydroxylation sites is 1. The van der Waals surface area contributed by atoms with Crippen LogP contribution in [0.2, 0.25) is 0 Å². The molecule has 0 spiro atoms. The lowest BCUT2D eigenvalue weighted by molar-refractivity contribution is -0.116. The van der Waals surface area contributed by atoms with Gasteiger partial charge >= 0.3 is 0 Å². The van der Waals surface area contributed by atoms with Crippen LogP contribution < -0.4 is 11.1 Å². The number of aromatic amines is 1. The summed E-state index contributed by atoms with van der Waals surface area (Å²) in [7, 11) is 0. The summed E-state index contributed by atoms with van der Waals surface area (Å²) in [6.07, 6.45) is 7.77. The molecule has 1 aliphatic carbocycles. The SMILES string of the molecule is Nc1ncnc2c3c(n(-c4ccc(NC(=O)CCc5c[nH]c6ccccc56)cc4)c12)CCC3. The molecule has 7 nitrogen and oxygen atoms in total. The van der Waals surface area contributed by atoms with E-state index in [1.54, 1.807) is 0 Å². The van der Waals surface area contributed by atoms with Crippen LogP contribution in [0.1, 0.15) is 29.7 Å². The van der Waals surface area contributed by atoms with E-state index in [0.29, 0.717) is 18.7 Å². The number of H-pyrrole nitrogens is 1. The maximum Gasteiger partial charge on any atom is 0.224 e. The van der Waals surface area contributed by atoms with Gasteiger partial charge in [0.15, 0.2) is 5.82 Å². The van der Waals surface area contributed by atoms with Gasteiger partial charge in [0, 0.05) is 40.6 Å². The first-order valence-corrected chi connectivity index (χ1v) is 11.3. The molecule has 3 heterocycles. The number of aryl methyl sites for hydroxylation is 2. The lowest BCUT2D eigenvalue weighted by Crippen LogP contribution is -2.12. The molecule has 0 saturated carbocycles. The standard InChI is InChI=1S/C26H24N6O/c27-26-25-24(29-15-30-26)20-5-3-7-22(20)32(25)18-11-9-17(10-12-18)31-23(33)13-8-16-14-28-21-6-2-1-4-19(16)21/h1-2,4,6,9-12,14-15,28H,3,5,7-8,13H2,(H,31,33)(H2,27,29,30). The second-order valence-corrected chi connectivity index (χ2v) is 8.52. The lowest BCUT2D eigenvalue weighted by atomic mass is 10.1. The number of hydrogen-bond acceptors (Lipinski definition) is 4. The highest BCUT2D eigenvalue weighted by Gasteiger charge is 2.25. The van der Waals surface area contributed by atoms with Crippen molar-refractivity contribution < 1.29 is 4.79 Å². The van der Waals surface area contributed by atoms with Crippen LogP contribution in [0.3, 0.4) is 0 Å². The van der Waals surface area contributed by atoms with Crippen LogP contribution in [-0.2, 0) is 24.1 Å². The van der Waals surface area contributed by atoms with E-state index in [-0.39, 0.29) is 5.91 Å². The maximum absolute atomic E-state index is 12.6. The zero-order chi connectivity index (χ0) is 22.4. The summed E-state index contributed by atoms with van der Waals surface area (Å²) < 4.78 is 2.18. The number of nitrogens with one attached hydrogen (secondary N) is 2. The Morgan fingerprint density at radius 1 is 1.09 bits per heavy atom. The number of anilines is 2. The van der Waals surface area contributed by atoms with Crippen molar-refractivity contribution in [3.8, 4) is 5.69 Å². The number of nitrogen functional groups attached to an aromatic ring is 1. The van der Waals surface area contributed by atoms with Crippen molar-refractivity contribution in [1.82, 2.24) is 19.5 Å². The van der Waals surface area contributed by atoms with E-state index < -0.39 is 0 Å². The molecular weight excluding hydrogens is 412 g/mol. The van der Waals surface area contributed by atoms with E-state index in [9.17, 15) is 4.79 Å². The summed E-state index contributed by atoms with van der Waals surface area (Å²) in [6.45, 7) is 0. The lowest BCUT2D eigenvalue weighted by Gasteiger charge is -2.12. The smallest absolute Gasteiger partial charge is 0.224 e. The second kappa shape index (κ2) is 7.78. The summed E-state index contributed by atoms with van der Waals surface area (Å²) in [6, 6.07) is 16.0. The molecule has 164 valence electrons. The number of fused-ring (bicyclic) bond motifs is 4. The van der Waals surface area contributed by atoms with Gasteiger partial charge in [0.05, 0.1) is 5.52 Å². The Bertz CT molecular complexity index is 1500. The molecule has 0 radical (unpaired) electrons. The van der Waals surface area contributed by atoms with Crippen molar-refractivity contribution in [2.24, 2.45) is 0 Å². The highest BCUT2D eigenvalue weighted by Crippen LogP contribution is 2.36. The number of benzene rings is 2.